The van der Waals surface area contributed by atoms with Gasteiger partial charge < -0.3 is 14.8 Å². The normalized spacial score (nSPS) is 15.7. The Morgan fingerprint density at radius 3 is 2.73 bits per heavy atom. The fourth-order valence-corrected chi connectivity index (χ4v) is 4.00. The van der Waals surface area contributed by atoms with E-state index in [1.54, 1.807) is 12.4 Å². The number of imidazole rings is 1. The van der Waals surface area contributed by atoms with E-state index in [1.807, 2.05) is 18.5 Å². The second-order valence-electron chi connectivity index (χ2n) is 6.51. The maximum Gasteiger partial charge on any atom is 0.227 e. The molecule has 3 aromatic rings. The largest absolute Gasteiger partial charge is 0.339 e. The molecule has 0 radical (unpaired) electrons. The summed E-state index contributed by atoms with van der Waals surface area (Å²) in [7, 11) is -0.718. The highest BCUT2D eigenvalue weighted by molar-refractivity contribution is 7.85. The average molecular weight is 371 g/mol. The zero-order chi connectivity index (χ0) is 18.1. The zero-order valence-corrected chi connectivity index (χ0v) is 15.6. The van der Waals surface area contributed by atoms with Crippen molar-refractivity contribution in [3.8, 4) is 0 Å². The van der Waals surface area contributed by atoms with Crippen molar-refractivity contribution in [2.24, 2.45) is 0 Å². The SMILES string of the molecule is CC(C)n1cnc2cnc(Nc3ccnc(N4CCS(=O)CC4)n3)cc21. The first kappa shape index (κ1) is 16.9. The Bertz CT molecular complexity index is 945. The first-order chi connectivity index (χ1) is 12.6. The first-order valence-corrected chi connectivity index (χ1v) is 10.1. The Kier molecular flexibility index (Phi) is 4.54. The van der Waals surface area contributed by atoms with E-state index in [1.165, 1.54) is 0 Å². The third-order valence-electron chi connectivity index (χ3n) is 4.38. The number of aromatic nitrogens is 5. The van der Waals surface area contributed by atoms with Gasteiger partial charge >= 0.3 is 0 Å². The molecule has 0 atom stereocenters. The molecule has 1 N–H and O–H groups in total. The molecule has 0 spiro atoms. The van der Waals surface area contributed by atoms with E-state index in [2.05, 4.69) is 48.6 Å². The molecular weight excluding hydrogens is 350 g/mol. The molecule has 1 fully saturated rings. The lowest BCUT2D eigenvalue weighted by Crippen LogP contribution is -2.38. The van der Waals surface area contributed by atoms with Crippen LogP contribution in [0.1, 0.15) is 19.9 Å². The van der Waals surface area contributed by atoms with Gasteiger partial charge in [-0.1, -0.05) is 0 Å². The molecule has 0 aromatic carbocycles. The van der Waals surface area contributed by atoms with Gasteiger partial charge in [0, 0.05) is 53.7 Å². The zero-order valence-electron chi connectivity index (χ0n) is 14.8. The number of anilines is 3. The van der Waals surface area contributed by atoms with E-state index in [-0.39, 0.29) is 0 Å². The quantitative estimate of drug-likeness (QED) is 0.751. The van der Waals surface area contributed by atoms with Crippen LogP contribution in [0, 0.1) is 0 Å². The number of nitrogens with zero attached hydrogens (tertiary/aromatic N) is 6. The first-order valence-electron chi connectivity index (χ1n) is 8.63. The lowest BCUT2D eigenvalue weighted by atomic mass is 10.3. The topological polar surface area (TPSA) is 88.8 Å². The maximum absolute atomic E-state index is 11.5. The van der Waals surface area contributed by atoms with Gasteiger partial charge in [0.2, 0.25) is 5.95 Å². The summed E-state index contributed by atoms with van der Waals surface area (Å²) < 4.78 is 13.6. The van der Waals surface area contributed by atoms with Crippen molar-refractivity contribution in [2.75, 3.05) is 34.8 Å². The van der Waals surface area contributed by atoms with Gasteiger partial charge in [0.25, 0.3) is 0 Å². The van der Waals surface area contributed by atoms with E-state index in [9.17, 15) is 4.21 Å². The number of nitrogens with one attached hydrogen (secondary N) is 1. The van der Waals surface area contributed by atoms with Crippen LogP contribution in [0.5, 0.6) is 0 Å². The molecule has 3 aromatic heterocycles. The van der Waals surface area contributed by atoms with Crippen LogP contribution in [0.4, 0.5) is 17.6 Å². The van der Waals surface area contributed by atoms with Crippen molar-refractivity contribution >= 4 is 39.4 Å². The molecule has 1 aliphatic rings. The van der Waals surface area contributed by atoms with E-state index < -0.39 is 10.8 Å². The fourth-order valence-electron chi connectivity index (χ4n) is 2.95. The predicted octanol–water partition coefficient (Wildman–Crippen LogP) is 2.11. The summed E-state index contributed by atoms with van der Waals surface area (Å²) >= 11 is 0. The summed E-state index contributed by atoms with van der Waals surface area (Å²) in [6, 6.07) is 4.12. The molecule has 0 saturated carbocycles. The van der Waals surface area contributed by atoms with Crippen LogP contribution in [0.15, 0.2) is 30.9 Å². The third-order valence-corrected chi connectivity index (χ3v) is 5.65. The molecule has 4 rings (SSSR count). The van der Waals surface area contributed by atoms with E-state index in [0.29, 0.717) is 48.2 Å². The molecule has 0 aliphatic carbocycles. The molecule has 0 amide bonds. The smallest absolute Gasteiger partial charge is 0.227 e. The van der Waals surface area contributed by atoms with Gasteiger partial charge in [-0.15, -0.1) is 0 Å². The monoisotopic (exact) mass is 371 g/mol. The van der Waals surface area contributed by atoms with Gasteiger partial charge in [-0.2, -0.15) is 4.98 Å². The van der Waals surface area contributed by atoms with Crippen LogP contribution in [0.25, 0.3) is 11.0 Å². The minimum Gasteiger partial charge on any atom is -0.339 e. The summed E-state index contributed by atoms with van der Waals surface area (Å²) in [6.07, 6.45) is 5.33. The van der Waals surface area contributed by atoms with Gasteiger partial charge in [0.05, 0.1) is 18.0 Å². The molecule has 136 valence electrons. The fraction of sp³-hybridized carbons (Fsp3) is 0.412. The van der Waals surface area contributed by atoms with E-state index >= 15 is 0 Å². The molecule has 4 heterocycles. The molecule has 1 aliphatic heterocycles. The summed E-state index contributed by atoms with van der Waals surface area (Å²) in [6.45, 7) is 5.68. The highest BCUT2D eigenvalue weighted by Crippen LogP contribution is 2.22. The van der Waals surface area contributed by atoms with Crippen molar-refractivity contribution in [3.63, 3.8) is 0 Å². The van der Waals surface area contributed by atoms with Crippen molar-refractivity contribution in [1.82, 2.24) is 24.5 Å². The Labute approximate surface area is 154 Å². The van der Waals surface area contributed by atoms with Crippen molar-refractivity contribution in [1.29, 1.82) is 0 Å². The maximum atomic E-state index is 11.5. The van der Waals surface area contributed by atoms with Crippen molar-refractivity contribution in [3.05, 3.63) is 30.9 Å². The van der Waals surface area contributed by atoms with Crippen LogP contribution in [-0.2, 0) is 10.8 Å². The molecule has 8 nitrogen and oxygen atoms in total. The number of hydrogen-bond donors (Lipinski definition) is 1. The number of rotatable bonds is 4. The highest BCUT2D eigenvalue weighted by atomic mass is 32.2. The van der Waals surface area contributed by atoms with E-state index in [0.717, 1.165) is 11.0 Å². The Morgan fingerprint density at radius 1 is 1.15 bits per heavy atom. The summed E-state index contributed by atoms with van der Waals surface area (Å²) in [5, 5.41) is 3.25. The summed E-state index contributed by atoms with van der Waals surface area (Å²) in [5.41, 5.74) is 1.90. The Balaban J connectivity index is 1.57. The second kappa shape index (κ2) is 6.99. The molecular formula is C17H21N7OS. The number of hydrogen-bond acceptors (Lipinski definition) is 7. The van der Waals surface area contributed by atoms with Gasteiger partial charge in [-0.25, -0.2) is 15.0 Å². The standard InChI is InChI=1S/C17H21N7OS/c1-12(2)24-11-20-13-10-19-16(9-14(13)24)21-15-3-4-18-17(22-15)23-5-7-26(25)8-6-23/h3-4,9-12H,5-8H2,1-2H3,(H,18,19,21,22). The number of fused-ring (bicyclic) bond motifs is 1. The Morgan fingerprint density at radius 2 is 1.96 bits per heavy atom. The average Bonchev–Trinajstić information content (AvgIpc) is 3.06. The molecule has 0 unspecified atom stereocenters. The van der Waals surface area contributed by atoms with Crippen LogP contribution >= 0.6 is 0 Å². The van der Waals surface area contributed by atoms with Gasteiger partial charge in [0.1, 0.15) is 17.2 Å². The second-order valence-corrected chi connectivity index (χ2v) is 8.20. The molecule has 0 bridgehead atoms. The lowest BCUT2D eigenvalue weighted by molar-refractivity contribution is 0.617. The Hall–Kier alpha value is -2.55. The molecule has 9 heteroatoms. The molecule has 26 heavy (non-hydrogen) atoms. The lowest BCUT2D eigenvalue weighted by Gasteiger charge is -2.26. The van der Waals surface area contributed by atoms with Gasteiger partial charge in [0.15, 0.2) is 0 Å². The van der Waals surface area contributed by atoms with E-state index in [4.69, 9.17) is 0 Å². The van der Waals surface area contributed by atoms with Gasteiger partial charge in [-0.05, 0) is 19.9 Å². The van der Waals surface area contributed by atoms with Crippen molar-refractivity contribution in [2.45, 2.75) is 19.9 Å². The minimum absolute atomic E-state index is 0.325. The number of pyridine rings is 1. The van der Waals surface area contributed by atoms with Crippen LogP contribution in [0.3, 0.4) is 0 Å². The predicted molar refractivity (Wildman–Crippen MR) is 103 cm³/mol. The highest BCUT2D eigenvalue weighted by Gasteiger charge is 2.18. The minimum atomic E-state index is -0.718. The summed E-state index contributed by atoms with van der Waals surface area (Å²) in [4.78, 5) is 19.8. The summed E-state index contributed by atoms with van der Waals surface area (Å²) in [5.74, 6) is 3.38. The molecule has 1 saturated heterocycles. The van der Waals surface area contributed by atoms with Crippen LogP contribution in [0.2, 0.25) is 0 Å². The van der Waals surface area contributed by atoms with Gasteiger partial charge in [-0.3, -0.25) is 4.21 Å². The van der Waals surface area contributed by atoms with Crippen LogP contribution < -0.4 is 10.2 Å². The third kappa shape index (κ3) is 3.39. The van der Waals surface area contributed by atoms with Crippen molar-refractivity contribution < 1.29 is 4.21 Å². The van der Waals surface area contributed by atoms with Crippen LogP contribution in [-0.4, -0.2) is 53.3 Å².